The molecule has 0 radical (unpaired) electrons. The van der Waals surface area contributed by atoms with Crippen molar-refractivity contribution in [1.29, 1.82) is 0 Å². The molecule has 0 unspecified atom stereocenters. The minimum absolute atomic E-state index is 0.817. The smallest absolute Gasteiger partial charge is 0.123 e. The van der Waals surface area contributed by atoms with Crippen molar-refractivity contribution in [2.24, 2.45) is 0 Å². The lowest BCUT2D eigenvalue weighted by molar-refractivity contribution is 0.407. The summed E-state index contributed by atoms with van der Waals surface area (Å²) in [6.45, 7) is 1.69. The third-order valence-corrected chi connectivity index (χ3v) is 4.01. The van der Waals surface area contributed by atoms with E-state index >= 15 is 0 Å². The highest BCUT2D eigenvalue weighted by Crippen LogP contribution is 2.21. The Hall–Kier alpha value is -0.840. The van der Waals surface area contributed by atoms with Crippen molar-refractivity contribution in [1.82, 2.24) is 5.32 Å². The van der Waals surface area contributed by atoms with Gasteiger partial charge < -0.3 is 10.1 Å². The van der Waals surface area contributed by atoms with Crippen molar-refractivity contribution < 1.29 is 4.74 Å². The van der Waals surface area contributed by atoms with Gasteiger partial charge in [0, 0.05) is 18.7 Å². The van der Waals surface area contributed by atoms with Crippen LogP contribution >= 0.6 is 27.3 Å². The fourth-order valence-electron chi connectivity index (χ4n) is 1.63. The van der Waals surface area contributed by atoms with Crippen LogP contribution in [0.1, 0.15) is 11.1 Å². The Labute approximate surface area is 114 Å². The molecule has 1 N–H and O–H groups in total. The molecule has 0 atom stereocenters. The lowest BCUT2D eigenvalue weighted by Gasteiger charge is -2.08. The first-order valence-corrected chi connectivity index (χ1v) is 7.02. The highest BCUT2D eigenvalue weighted by molar-refractivity contribution is 9.11. The lowest BCUT2D eigenvalue weighted by Crippen LogP contribution is -2.12. The van der Waals surface area contributed by atoms with Crippen molar-refractivity contribution in [3.05, 3.63) is 50.6 Å². The van der Waals surface area contributed by atoms with Gasteiger partial charge in [-0.3, -0.25) is 0 Å². The quantitative estimate of drug-likeness (QED) is 0.906. The first-order valence-electron chi connectivity index (χ1n) is 5.35. The molecule has 0 saturated carbocycles. The SMILES string of the molecule is COc1ccccc1CNCc1csc(Br)c1. The average molecular weight is 312 g/mol. The van der Waals surface area contributed by atoms with E-state index in [9.17, 15) is 0 Å². The lowest BCUT2D eigenvalue weighted by atomic mass is 10.2. The third kappa shape index (κ3) is 3.56. The van der Waals surface area contributed by atoms with E-state index in [1.807, 2.05) is 18.2 Å². The number of benzene rings is 1. The molecule has 0 aliphatic carbocycles. The van der Waals surface area contributed by atoms with Crippen LogP contribution in [0.25, 0.3) is 0 Å². The molecule has 0 aliphatic rings. The highest BCUT2D eigenvalue weighted by Gasteiger charge is 2.01. The Bertz CT molecular complexity index is 484. The summed E-state index contributed by atoms with van der Waals surface area (Å²) in [4.78, 5) is 0. The molecular formula is C13H14BrNOS. The molecule has 1 aromatic carbocycles. The van der Waals surface area contributed by atoms with Crippen LogP contribution in [0.15, 0.2) is 39.5 Å². The maximum absolute atomic E-state index is 5.31. The number of thiophene rings is 1. The zero-order valence-corrected chi connectivity index (χ0v) is 12.0. The van der Waals surface area contributed by atoms with Gasteiger partial charge in [0.15, 0.2) is 0 Å². The second-order valence-corrected chi connectivity index (χ2v) is 5.96. The van der Waals surface area contributed by atoms with Crippen molar-refractivity contribution in [3.8, 4) is 5.75 Å². The van der Waals surface area contributed by atoms with Crippen molar-refractivity contribution in [2.45, 2.75) is 13.1 Å². The van der Waals surface area contributed by atoms with Gasteiger partial charge in [0.1, 0.15) is 5.75 Å². The Morgan fingerprint density at radius 1 is 1.29 bits per heavy atom. The van der Waals surface area contributed by atoms with Gasteiger partial charge in [-0.25, -0.2) is 0 Å². The fourth-order valence-corrected chi connectivity index (χ4v) is 2.84. The number of halogens is 1. The number of ether oxygens (including phenoxy) is 1. The molecule has 0 aliphatic heterocycles. The van der Waals surface area contributed by atoms with E-state index in [4.69, 9.17) is 4.74 Å². The summed E-state index contributed by atoms with van der Waals surface area (Å²) in [5.74, 6) is 0.937. The van der Waals surface area contributed by atoms with Crippen molar-refractivity contribution in [3.63, 3.8) is 0 Å². The second-order valence-electron chi connectivity index (χ2n) is 3.67. The van der Waals surface area contributed by atoms with E-state index in [1.54, 1.807) is 18.4 Å². The van der Waals surface area contributed by atoms with Crippen LogP contribution in [0, 0.1) is 0 Å². The van der Waals surface area contributed by atoms with Crippen LogP contribution in [0.4, 0.5) is 0 Å². The number of hydrogen-bond acceptors (Lipinski definition) is 3. The molecule has 1 heterocycles. The summed E-state index contributed by atoms with van der Waals surface area (Å²) < 4.78 is 6.48. The Morgan fingerprint density at radius 3 is 2.82 bits per heavy atom. The van der Waals surface area contributed by atoms with Gasteiger partial charge in [0.2, 0.25) is 0 Å². The van der Waals surface area contributed by atoms with E-state index < -0.39 is 0 Å². The molecule has 0 saturated heterocycles. The molecular weight excluding hydrogens is 298 g/mol. The Kier molecular flexibility index (Phi) is 4.59. The summed E-state index contributed by atoms with van der Waals surface area (Å²) in [5, 5.41) is 5.56. The third-order valence-electron chi connectivity index (χ3n) is 2.46. The molecule has 17 heavy (non-hydrogen) atoms. The van der Waals surface area contributed by atoms with Gasteiger partial charge in [0.25, 0.3) is 0 Å². The largest absolute Gasteiger partial charge is 0.496 e. The molecule has 0 fully saturated rings. The average Bonchev–Trinajstić information content (AvgIpc) is 2.76. The van der Waals surface area contributed by atoms with Crippen LogP contribution in [0.3, 0.4) is 0 Å². The number of methoxy groups -OCH3 is 1. The molecule has 4 heteroatoms. The summed E-state index contributed by atoms with van der Waals surface area (Å²) in [7, 11) is 1.70. The monoisotopic (exact) mass is 311 g/mol. The number of hydrogen-bond donors (Lipinski definition) is 1. The topological polar surface area (TPSA) is 21.3 Å². The van der Waals surface area contributed by atoms with Crippen LogP contribution in [-0.2, 0) is 13.1 Å². The summed E-state index contributed by atoms with van der Waals surface area (Å²) in [5.41, 5.74) is 2.49. The van der Waals surface area contributed by atoms with Crippen LogP contribution < -0.4 is 10.1 Å². The highest BCUT2D eigenvalue weighted by atomic mass is 79.9. The zero-order chi connectivity index (χ0) is 12.1. The molecule has 0 amide bonds. The number of rotatable bonds is 5. The van der Waals surface area contributed by atoms with E-state index in [-0.39, 0.29) is 0 Å². The van der Waals surface area contributed by atoms with Gasteiger partial charge in [-0.1, -0.05) is 18.2 Å². The van der Waals surface area contributed by atoms with Gasteiger partial charge in [-0.05, 0) is 39.0 Å². The maximum atomic E-state index is 5.31. The van der Waals surface area contributed by atoms with Crippen LogP contribution in [0.5, 0.6) is 5.75 Å². The molecule has 2 rings (SSSR count). The molecule has 90 valence electrons. The molecule has 1 aromatic heterocycles. The second kappa shape index (κ2) is 6.19. The molecule has 2 nitrogen and oxygen atoms in total. The minimum Gasteiger partial charge on any atom is -0.496 e. The first kappa shape index (κ1) is 12.6. The minimum atomic E-state index is 0.817. The summed E-state index contributed by atoms with van der Waals surface area (Å²) in [6, 6.07) is 10.2. The normalized spacial score (nSPS) is 10.5. The first-order chi connectivity index (χ1) is 8.29. The van der Waals surface area contributed by atoms with E-state index in [1.165, 1.54) is 14.9 Å². The molecule has 2 aromatic rings. The number of nitrogens with one attached hydrogen (secondary N) is 1. The Balaban J connectivity index is 1.89. The van der Waals surface area contributed by atoms with Gasteiger partial charge in [0.05, 0.1) is 10.9 Å². The molecule has 0 bridgehead atoms. The number of para-hydroxylation sites is 1. The van der Waals surface area contributed by atoms with Crippen molar-refractivity contribution in [2.75, 3.05) is 7.11 Å². The predicted octanol–water partition coefficient (Wildman–Crippen LogP) is 3.81. The Morgan fingerprint density at radius 2 is 2.12 bits per heavy atom. The van der Waals surface area contributed by atoms with Gasteiger partial charge >= 0.3 is 0 Å². The van der Waals surface area contributed by atoms with E-state index in [0.29, 0.717) is 0 Å². The van der Waals surface area contributed by atoms with E-state index in [0.717, 1.165) is 18.8 Å². The standard InChI is InChI=1S/C13H14BrNOS/c1-16-12-5-3-2-4-11(12)8-15-7-10-6-13(14)17-9-10/h2-6,9,15H,7-8H2,1H3. The fraction of sp³-hybridized carbons (Fsp3) is 0.231. The van der Waals surface area contributed by atoms with Gasteiger partial charge in [-0.2, -0.15) is 0 Å². The summed E-state index contributed by atoms with van der Waals surface area (Å²) in [6.07, 6.45) is 0. The maximum Gasteiger partial charge on any atom is 0.123 e. The van der Waals surface area contributed by atoms with Gasteiger partial charge in [-0.15, -0.1) is 11.3 Å². The van der Waals surface area contributed by atoms with Crippen LogP contribution in [-0.4, -0.2) is 7.11 Å². The summed E-state index contributed by atoms with van der Waals surface area (Å²) >= 11 is 5.17. The zero-order valence-electron chi connectivity index (χ0n) is 9.57. The van der Waals surface area contributed by atoms with Crippen molar-refractivity contribution >= 4 is 27.3 Å². The molecule has 0 spiro atoms. The van der Waals surface area contributed by atoms with Crippen LogP contribution in [0.2, 0.25) is 0 Å². The predicted molar refractivity (Wildman–Crippen MR) is 75.6 cm³/mol. The van der Waals surface area contributed by atoms with E-state index in [2.05, 4.69) is 38.8 Å².